The number of aryl methyl sites for hydroxylation is 1. The zero-order valence-electron chi connectivity index (χ0n) is 10.2. The van der Waals surface area contributed by atoms with Crippen LogP contribution in [0.5, 0.6) is 11.5 Å². The Labute approximate surface area is 110 Å². The van der Waals surface area contributed by atoms with Gasteiger partial charge in [0.05, 0.1) is 5.02 Å². The fourth-order valence-electron chi connectivity index (χ4n) is 2.13. The number of halogens is 1. The van der Waals surface area contributed by atoms with E-state index in [-0.39, 0.29) is 13.2 Å². The van der Waals surface area contributed by atoms with Gasteiger partial charge in [-0.1, -0.05) is 18.5 Å². The number of fused-ring (bicyclic) bond motifs is 1. The van der Waals surface area contributed by atoms with E-state index in [1.807, 2.05) is 13.0 Å². The number of hydrogen-bond acceptors (Lipinski definition) is 3. The maximum atomic E-state index is 10.5. The molecule has 0 bridgehead atoms. The third-order valence-corrected chi connectivity index (χ3v) is 3.39. The monoisotopic (exact) mass is 270 g/mol. The van der Waals surface area contributed by atoms with E-state index in [0.29, 0.717) is 29.4 Å². The normalized spacial score (nSPS) is 12.8. The van der Waals surface area contributed by atoms with Gasteiger partial charge < -0.3 is 14.6 Å². The second-order valence-electron chi connectivity index (χ2n) is 4.16. The summed E-state index contributed by atoms with van der Waals surface area (Å²) in [5, 5.41) is 9.25. The fourth-order valence-corrected chi connectivity index (χ4v) is 2.53. The predicted octanol–water partition coefficient (Wildman–Crippen LogP) is 3.04. The Hall–Kier alpha value is -1.42. The first-order chi connectivity index (χ1) is 8.63. The molecule has 18 heavy (non-hydrogen) atoms. The molecule has 5 heteroatoms. The molecule has 1 aliphatic rings. The van der Waals surface area contributed by atoms with Gasteiger partial charge in [-0.3, -0.25) is 4.79 Å². The summed E-state index contributed by atoms with van der Waals surface area (Å²) in [5.74, 6) is 0.484. The molecule has 0 fully saturated rings. The van der Waals surface area contributed by atoms with Gasteiger partial charge in [0.1, 0.15) is 0 Å². The standard InChI is InChI=1S/C13H15ClO4/c1-2-9-8(4-3-5-11(15)16)6-10-13(12(9)14)18-7-17-10/h6H,2-5,7H2,1H3,(H,15,16). The smallest absolute Gasteiger partial charge is 0.303 e. The highest BCUT2D eigenvalue weighted by Crippen LogP contribution is 2.43. The van der Waals surface area contributed by atoms with Crippen LogP contribution in [0.25, 0.3) is 0 Å². The molecular weight excluding hydrogens is 256 g/mol. The van der Waals surface area contributed by atoms with Crippen molar-refractivity contribution in [1.82, 2.24) is 0 Å². The maximum Gasteiger partial charge on any atom is 0.303 e. The first-order valence-corrected chi connectivity index (χ1v) is 6.33. The Kier molecular flexibility index (Phi) is 3.97. The number of rotatable bonds is 5. The summed E-state index contributed by atoms with van der Waals surface area (Å²) in [7, 11) is 0. The van der Waals surface area contributed by atoms with Gasteiger partial charge in [-0.25, -0.2) is 0 Å². The van der Waals surface area contributed by atoms with Crippen molar-refractivity contribution in [3.63, 3.8) is 0 Å². The summed E-state index contributed by atoms with van der Waals surface area (Å²) in [6, 6.07) is 1.91. The summed E-state index contributed by atoms with van der Waals surface area (Å²) in [6.45, 7) is 2.21. The highest BCUT2D eigenvalue weighted by atomic mass is 35.5. The lowest BCUT2D eigenvalue weighted by Gasteiger charge is -2.11. The minimum absolute atomic E-state index is 0.162. The van der Waals surface area contributed by atoms with Crippen molar-refractivity contribution in [2.24, 2.45) is 0 Å². The van der Waals surface area contributed by atoms with Crippen LogP contribution in [0.3, 0.4) is 0 Å². The van der Waals surface area contributed by atoms with Crippen molar-refractivity contribution in [3.05, 3.63) is 22.2 Å². The van der Waals surface area contributed by atoms with Crippen LogP contribution in [0.2, 0.25) is 5.02 Å². The average molecular weight is 271 g/mol. The number of aliphatic carboxylic acids is 1. The number of benzene rings is 1. The largest absolute Gasteiger partial charge is 0.481 e. The molecule has 4 nitrogen and oxygen atoms in total. The lowest BCUT2D eigenvalue weighted by Crippen LogP contribution is -1.99. The van der Waals surface area contributed by atoms with Crippen LogP contribution in [0.1, 0.15) is 30.9 Å². The summed E-state index contributed by atoms with van der Waals surface area (Å²) >= 11 is 6.28. The van der Waals surface area contributed by atoms with E-state index < -0.39 is 5.97 Å². The van der Waals surface area contributed by atoms with Crippen molar-refractivity contribution < 1.29 is 19.4 Å². The second-order valence-corrected chi connectivity index (χ2v) is 4.54. The van der Waals surface area contributed by atoms with Gasteiger partial charge in [-0.05, 0) is 36.5 Å². The first-order valence-electron chi connectivity index (χ1n) is 5.95. The summed E-state index contributed by atoms with van der Waals surface area (Å²) in [5.41, 5.74) is 2.07. The lowest BCUT2D eigenvalue weighted by molar-refractivity contribution is -0.137. The van der Waals surface area contributed by atoms with E-state index in [1.165, 1.54) is 0 Å². The maximum absolute atomic E-state index is 10.5. The van der Waals surface area contributed by atoms with E-state index >= 15 is 0 Å². The number of carboxylic acids is 1. The quantitative estimate of drug-likeness (QED) is 0.893. The Bertz CT molecular complexity index is 471. The fraction of sp³-hybridized carbons (Fsp3) is 0.462. The molecule has 0 amide bonds. The zero-order chi connectivity index (χ0) is 13.1. The predicted molar refractivity (Wildman–Crippen MR) is 67.5 cm³/mol. The Morgan fingerprint density at radius 2 is 2.28 bits per heavy atom. The van der Waals surface area contributed by atoms with Gasteiger partial charge in [0.2, 0.25) is 6.79 Å². The van der Waals surface area contributed by atoms with Crippen molar-refractivity contribution in [2.75, 3.05) is 6.79 Å². The summed E-state index contributed by atoms with van der Waals surface area (Å²) in [4.78, 5) is 10.5. The molecule has 1 aliphatic heterocycles. The Morgan fingerprint density at radius 3 is 2.94 bits per heavy atom. The Balaban J connectivity index is 2.23. The van der Waals surface area contributed by atoms with Crippen molar-refractivity contribution in [1.29, 1.82) is 0 Å². The minimum Gasteiger partial charge on any atom is -0.481 e. The molecule has 1 N–H and O–H groups in total. The molecule has 0 spiro atoms. The molecule has 0 saturated carbocycles. The number of ether oxygens (including phenoxy) is 2. The van der Waals surface area contributed by atoms with E-state index in [9.17, 15) is 4.79 Å². The van der Waals surface area contributed by atoms with E-state index in [2.05, 4.69) is 0 Å². The van der Waals surface area contributed by atoms with Crippen LogP contribution in [0, 0.1) is 0 Å². The molecule has 0 atom stereocenters. The van der Waals surface area contributed by atoms with E-state index in [4.69, 9.17) is 26.2 Å². The summed E-state index contributed by atoms with van der Waals surface area (Å²) in [6.07, 6.45) is 2.23. The van der Waals surface area contributed by atoms with Gasteiger partial charge in [-0.15, -0.1) is 0 Å². The molecule has 1 aromatic rings. The topological polar surface area (TPSA) is 55.8 Å². The van der Waals surface area contributed by atoms with Gasteiger partial charge in [0.25, 0.3) is 0 Å². The molecular formula is C13H15ClO4. The van der Waals surface area contributed by atoms with Gasteiger partial charge in [0, 0.05) is 6.42 Å². The molecule has 0 aliphatic carbocycles. The number of carboxylic acid groups (broad SMARTS) is 1. The third-order valence-electron chi connectivity index (χ3n) is 2.99. The van der Waals surface area contributed by atoms with Gasteiger partial charge >= 0.3 is 5.97 Å². The van der Waals surface area contributed by atoms with E-state index in [0.717, 1.165) is 17.5 Å². The van der Waals surface area contributed by atoms with Gasteiger partial charge in [0.15, 0.2) is 11.5 Å². The lowest BCUT2D eigenvalue weighted by atomic mass is 9.99. The molecule has 2 rings (SSSR count). The molecule has 0 saturated heterocycles. The average Bonchev–Trinajstić information content (AvgIpc) is 2.77. The summed E-state index contributed by atoms with van der Waals surface area (Å²) < 4.78 is 10.6. The molecule has 0 unspecified atom stereocenters. The number of carbonyl (C=O) groups is 1. The molecule has 98 valence electrons. The SMILES string of the molecule is CCc1c(CCCC(=O)O)cc2c(c1Cl)OCO2. The minimum atomic E-state index is -0.778. The number of hydrogen-bond donors (Lipinski definition) is 1. The second kappa shape index (κ2) is 5.48. The van der Waals surface area contributed by atoms with Crippen LogP contribution in [0.4, 0.5) is 0 Å². The highest BCUT2D eigenvalue weighted by Gasteiger charge is 2.22. The molecule has 0 radical (unpaired) electrons. The Morgan fingerprint density at radius 1 is 1.50 bits per heavy atom. The van der Waals surface area contributed by atoms with Crippen LogP contribution >= 0.6 is 11.6 Å². The molecule has 0 aromatic heterocycles. The first kappa shape index (κ1) is 13.0. The molecule has 1 heterocycles. The van der Waals surface area contributed by atoms with E-state index in [1.54, 1.807) is 0 Å². The van der Waals surface area contributed by atoms with Crippen LogP contribution in [-0.2, 0) is 17.6 Å². The third kappa shape index (κ3) is 2.53. The highest BCUT2D eigenvalue weighted by molar-refractivity contribution is 6.33. The van der Waals surface area contributed by atoms with Crippen LogP contribution in [-0.4, -0.2) is 17.9 Å². The van der Waals surface area contributed by atoms with Gasteiger partial charge in [-0.2, -0.15) is 0 Å². The van der Waals surface area contributed by atoms with Crippen LogP contribution < -0.4 is 9.47 Å². The molecule has 1 aromatic carbocycles. The zero-order valence-corrected chi connectivity index (χ0v) is 10.9. The van der Waals surface area contributed by atoms with Crippen molar-refractivity contribution in [2.45, 2.75) is 32.6 Å². The van der Waals surface area contributed by atoms with Crippen molar-refractivity contribution in [3.8, 4) is 11.5 Å². The van der Waals surface area contributed by atoms with Crippen LogP contribution in [0.15, 0.2) is 6.07 Å². The van der Waals surface area contributed by atoms with Crippen molar-refractivity contribution >= 4 is 17.6 Å².